The third-order valence-electron chi connectivity index (χ3n) is 1.79. The molecule has 78 valence electrons. The van der Waals surface area contributed by atoms with E-state index in [1.54, 1.807) is 0 Å². The largest absolute Gasteiger partial charge is 0.452 e. The van der Waals surface area contributed by atoms with Crippen LogP contribution in [0.4, 0.5) is 18.3 Å². The van der Waals surface area contributed by atoms with Gasteiger partial charge in [0.05, 0.1) is 6.04 Å². The molecular formula is C6H7F3N4S. The van der Waals surface area contributed by atoms with Gasteiger partial charge >= 0.3 is 6.18 Å². The minimum Gasteiger partial charge on any atom is -0.355 e. The normalized spacial score (nSPS) is 17.9. The molecular weight excluding hydrogens is 217 g/mol. The zero-order chi connectivity index (χ0) is 10.2. The van der Waals surface area contributed by atoms with E-state index in [9.17, 15) is 13.2 Å². The lowest BCUT2D eigenvalue weighted by molar-refractivity contribution is -0.144. The summed E-state index contributed by atoms with van der Waals surface area (Å²) in [5.74, 6) is -1.07. The van der Waals surface area contributed by atoms with Gasteiger partial charge in [0.2, 0.25) is 11.0 Å². The number of nitrogens with one attached hydrogen (secondary N) is 2. The minimum absolute atomic E-state index is 0.170. The molecule has 8 heteroatoms. The Balaban J connectivity index is 2.02. The van der Waals surface area contributed by atoms with Gasteiger partial charge in [-0.15, -0.1) is 0 Å². The number of alkyl halides is 3. The van der Waals surface area contributed by atoms with Crippen LogP contribution < -0.4 is 10.6 Å². The number of anilines is 1. The molecule has 14 heavy (non-hydrogen) atoms. The molecule has 2 heterocycles. The van der Waals surface area contributed by atoms with Gasteiger partial charge in [-0.2, -0.15) is 22.5 Å². The van der Waals surface area contributed by atoms with E-state index >= 15 is 0 Å². The van der Waals surface area contributed by atoms with Crippen LogP contribution in [0, 0.1) is 0 Å². The number of rotatable bonds is 2. The van der Waals surface area contributed by atoms with E-state index in [1.807, 2.05) is 0 Å². The highest BCUT2D eigenvalue weighted by Gasteiger charge is 2.36. The first-order valence-electron chi connectivity index (χ1n) is 3.94. The molecule has 2 N–H and O–H groups in total. The van der Waals surface area contributed by atoms with Crippen molar-refractivity contribution >= 4 is 16.7 Å². The Kier molecular flexibility index (Phi) is 2.31. The smallest absolute Gasteiger partial charge is 0.355 e. The molecule has 0 saturated carbocycles. The van der Waals surface area contributed by atoms with E-state index in [0.29, 0.717) is 0 Å². The Hall–Kier alpha value is -0.890. The van der Waals surface area contributed by atoms with Gasteiger partial charge in [0.25, 0.3) is 0 Å². The predicted octanol–water partition coefficient (Wildman–Crippen LogP) is 0.941. The number of hydrogen-bond donors (Lipinski definition) is 2. The maximum absolute atomic E-state index is 12.1. The van der Waals surface area contributed by atoms with Crippen molar-refractivity contribution in [2.45, 2.75) is 12.2 Å². The van der Waals surface area contributed by atoms with Crippen molar-refractivity contribution in [3.63, 3.8) is 0 Å². The van der Waals surface area contributed by atoms with Gasteiger partial charge in [-0.1, -0.05) is 0 Å². The fourth-order valence-corrected chi connectivity index (χ4v) is 1.63. The summed E-state index contributed by atoms with van der Waals surface area (Å²) in [6.45, 7) is 1.50. The van der Waals surface area contributed by atoms with Crippen molar-refractivity contribution in [3.8, 4) is 0 Å². The highest BCUT2D eigenvalue weighted by molar-refractivity contribution is 7.09. The second-order valence-corrected chi connectivity index (χ2v) is 3.67. The number of nitrogens with zero attached hydrogens (tertiary/aromatic N) is 2. The maximum atomic E-state index is 12.1. The zero-order valence-electron chi connectivity index (χ0n) is 6.93. The SMILES string of the molecule is FC(F)(F)c1nsc(NC2CNC2)n1. The summed E-state index contributed by atoms with van der Waals surface area (Å²) >= 11 is 0.734. The Morgan fingerprint density at radius 3 is 2.57 bits per heavy atom. The molecule has 4 nitrogen and oxygen atoms in total. The predicted molar refractivity (Wildman–Crippen MR) is 45.2 cm³/mol. The number of hydrogen-bond acceptors (Lipinski definition) is 5. The van der Waals surface area contributed by atoms with E-state index in [-0.39, 0.29) is 11.2 Å². The second kappa shape index (κ2) is 3.35. The van der Waals surface area contributed by atoms with Crippen LogP contribution >= 0.6 is 11.5 Å². The molecule has 1 fully saturated rings. The summed E-state index contributed by atoms with van der Waals surface area (Å²) in [7, 11) is 0. The minimum atomic E-state index is -4.45. The summed E-state index contributed by atoms with van der Waals surface area (Å²) in [6.07, 6.45) is -4.45. The molecule has 1 saturated heterocycles. The molecule has 0 unspecified atom stereocenters. The number of aromatic nitrogens is 2. The molecule has 0 aromatic carbocycles. The lowest BCUT2D eigenvalue weighted by atomic mass is 10.2. The van der Waals surface area contributed by atoms with Crippen LogP contribution in [0.1, 0.15) is 5.82 Å². The van der Waals surface area contributed by atoms with Crippen molar-refractivity contribution in [3.05, 3.63) is 5.82 Å². The van der Waals surface area contributed by atoms with Crippen molar-refractivity contribution in [2.24, 2.45) is 0 Å². The monoisotopic (exact) mass is 224 g/mol. The molecule has 0 atom stereocenters. The van der Waals surface area contributed by atoms with Gasteiger partial charge < -0.3 is 10.6 Å². The van der Waals surface area contributed by atoms with Gasteiger partial charge in [-0.05, 0) is 0 Å². The first-order chi connectivity index (χ1) is 6.55. The summed E-state index contributed by atoms with van der Waals surface area (Å²) < 4.78 is 39.4. The van der Waals surface area contributed by atoms with Crippen LogP contribution in [0.5, 0.6) is 0 Å². The van der Waals surface area contributed by atoms with Crippen LogP contribution in [0.25, 0.3) is 0 Å². The Morgan fingerprint density at radius 1 is 1.43 bits per heavy atom. The van der Waals surface area contributed by atoms with Gasteiger partial charge in [-0.25, -0.2) is 0 Å². The third kappa shape index (κ3) is 1.95. The van der Waals surface area contributed by atoms with E-state index in [0.717, 1.165) is 24.6 Å². The fraction of sp³-hybridized carbons (Fsp3) is 0.667. The van der Waals surface area contributed by atoms with Crippen LogP contribution in [-0.2, 0) is 6.18 Å². The van der Waals surface area contributed by atoms with E-state index in [1.165, 1.54) is 0 Å². The molecule has 0 radical (unpaired) electrons. The lowest BCUT2D eigenvalue weighted by Crippen LogP contribution is -2.51. The lowest BCUT2D eigenvalue weighted by Gasteiger charge is -2.27. The number of halogens is 3. The summed E-state index contributed by atoms with van der Waals surface area (Å²) in [4.78, 5) is 3.35. The quantitative estimate of drug-likeness (QED) is 0.785. The van der Waals surface area contributed by atoms with Crippen LogP contribution in [0.3, 0.4) is 0 Å². The fourth-order valence-electron chi connectivity index (χ4n) is 0.963. The van der Waals surface area contributed by atoms with Crippen molar-refractivity contribution in [1.82, 2.24) is 14.7 Å². The van der Waals surface area contributed by atoms with Crippen molar-refractivity contribution < 1.29 is 13.2 Å². The first kappa shape index (κ1) is 9.66. The van der Waals surface area contributed by atoms with E-state index in [2.05, 4.69) is 20.0 Å². The molecule has 0 amide bonds. The van der Waals surface area contributed by atoms with Crippen molar-refractivity contribution in [2.75, 3.05) is 18.4 Å². The van der Waals surface area contributed by atoms with E-state index in [4.69, 9.17) is 0 Å². The Labute approximate surface area is 81.7 Å². The van der Waals surface area contributed by atoms with Gasteiger partial charge in [-0.3, -0.25) is 0 Å². The summed E-state index contributed by atoms with van der Waals surface area (Å²) in [6, 6.07) is 0.170. The molecule has 1 aliphatic heterocycles. The van der Waals surface area contributed by atoms with Gasteiger partial charge in [0.1, 0.15) is 0 Å². The van der Waals surface area contributed by atoms with Crippen LogP contribution in [-0.4, -0.2) is 28.5 Å². The molecule has 1 aromatic rings. The topological polar surface area (TPSA) is 49.8 Å². The third-order valence-corrected chi connectivity index (χ3v) is 2.43. The summed E-state index contributed by atoms with van der Waals surface area (Å²) in [5, 5.41) is 6.07. The second-order valence-electron chi connectivity index (χ2n) is 2.92. The molecule has 1 aliphatic rings. The molecule has 1 aromatic heterocycles. The zero-order valence-corrected chi connectivity index (χ0v) is 7.74. The van der Waals surface area contributed by atoms with Crippen LogP contribution in [0.2, 0.25) is 0 Å². The Morgan fingerprint density at radius 2 is 2.14 bits per heavy atom. The van der Waals surface area contributed by atoms with Gasteiger partial charge in [0, 0.05) is 24.6 Å². The molecule has 0 spiro atoms. The average molecular weight is 224 g/mol. The average Bonchev–Trinajstić information content (AvgIpc) is 2.43. The highest BCUT2D eigenvalue weighted by Crippen LogP contribution is 2.29. The van der Waals surface area contributed by atoms with Gasteiger partial charge in [0.15, 0.2) is 0 Å². The summed E-state index contributed by atoms with van der Waals surface area (Å²) in [5.41, 5.74) is 0. The molecule has 0 aliphatic carbocycles. The van der Waals surface area contributed by atoms with Crippen molar-refractivity contribution in [1.29, 1.82) is 0 Å². The standard InChI is InChI=1S/C6H7F3N4S/c7-6(8,9)4-12-5(14-13-4)11-3-1-10-2-3/h3,10H,1-2H2,(H,11,12,13). The van der Waals surface area contributed by atoms with E-state index < -0.39 is 12.0 Å². The highest BCUT2D eigenvalue weighted by atomic mass is 32.1. The Bertz CT molecular complexity index is 319. The first-order valence-corrected chi connectivity index (χ1v) is 4.71. The molecule has 0 bridgehead atoms. The van der Waals surface area contributed by atoms with Crippen LogP contribution in [0.15, 0.2) is 0 Å². The molecule has 2 rings (SSSR count). The maximum Gasteiger partial charge on any atom is 0.452 e.